The molecule has 3 heteroatoms. The van der Waals surface area contributed by atoms with Gasteiger partial charge < -0.3 is 4.74 Å². The summed E-state index contributed by atoms with van der Waals surface area (Å²) in [7, 11) is 1.27. The fourth-order valence-electron chi connectivity index (χ4n) is 0.315. The van der Waals surface area contributed by atoms with Gasteiger partial charge in [-0.25, -0.2) is 4.79 Å². The first-order valence-corrected chi connectivity index (χ1v) is 2.95. The van der Waals surface area contributed by atoms with Crippen LogP contribution in [-0.2, 0) is 9.53 Å². The lowest BCUT2D eigenvalue weighted by Gasteiger charge is -1.84. The van der Waals surface area contributed by atoms with E-state index in [1.54, 1.807) is 6.07 Å². The van der Waals surface area contributed by atoms with Crippen LogP contribution in [0.1, 0.15) is 0 Å². The highest BCUT2D eigenvalue weighted by molar-refractivity contribution is 5.82. The van der Waals surface area contributed by atoms with Gasteiger partial charge in [-0.3, -0.25) is 0 Å². The minimum absolute atomic E-state index is 0.474. The molecule has 0 bridgehead atoms. The van der Waals surface area contributed by atoms with Crippen molar-refractivity contribution in [3.8, 4) is 29.8 Å². The normalized spacial score (nSPS) is 7.00. The Morgan fingerprint density at radius 3 is 2.75 bits per heavy atom. The van der Waals surface area contributed by atoms with Crippen LogP contribution < -0.4 is 0 Å². The molecule has 0 aromatic rings. The molecule has 0 aliphatic rings. The summed E-state index contributed by atoms with van der Waals surface area (Å²) in [5, 5.41) is 7.97. The molecule has 0 spiro atoms. The van der Waals surface area contributed by atoms with Gasteiger partial charge in [0.2, 0.25) is 0 Å². The number of esters is 1. The molecular weight excluding hydrogens is 154 g/mol. The SMILES string of the molecule is COC(=O)C=CC#CC#CC#N. The molecule has 0 aromatic heterocycles. The number of nitriles is 1. The Hall–Kier alpha value is -2.18. The van der Waals surface area contributed by atoms with Crippen molar-refractivity contribution in [2.75, 3.05) is 7.11 Å². The van der Waals surface area contributed by atoms with E-state index in [4.69, 9.17) is 5.26 Å². The van der Waals surface area contributed by atoms with E-state index in [-0.39, 0.29) is 0 Å². The van der Waals surface area contributed by atoms with Gasteiger partial charge in [-0.15, -0.1) is 0 Å². The number of nitrogens with zero attached hydrogens (tertiary/aromatic N) is 1. The topological polar surface area (TPSA) is 50.1 Å². The summed E-state index contributed by atoms with van der Waals surface area (Å²) in [5.41, 5.74) is 0. The number of hydrogen-bond donors (Lipinski definition) is 0. The third-order valence-corrected chi connectivity index (χ3v) is 0.757. The van der Waals surface area contributed by atoms with Crippen LogP contribution in [0.2, 0.25) is 0 Å². The molecule has 0 radical (unpaired) electrons. The predicted octanol–water partition coefficient (Wildman–Crippen LogP) is 0.246. The van der Waals surface area contributed by atoms with E-state index in [1.807, 2.05) is 0 Å². The minimum atomic E-state index is -0.474. The molecule has 0 aliphatic heterocycles. The summed E-state index contributed by atoms with van der Waals surface area (Å²) < 4.78 is 4.30. The van der Waals surface area contributed by atoms with Crippen LogP contribution in [0.25, 0.3) is 0 Å². The lowest BCUT2D eigenvalue weighted by Crippen LogP contribution is -1.92. The van der Waals surface area contributed by atoms with Gasteiger partial charge in [-0.2, -0.15) is 5.26 Å². The summed E-state index contributed by atoms with van der Waals surface area (Å²) in [5.74, 6) is 8.63. The summed E-state index contributed by atoms with van der Waals surface area (Å²) in [4.78, 5) is 10.4. The molecule has 0 atom stereocenters. The zero-order valence-corrected chi connectivity index (χ0v) is 6.42. The van der Waals surface area contributed by atoms with Gasteiger partial charge >= 0.3 is 5.97 Å². The first-order chi connectivity index (χ1) is 5.81. The molecular formula is C9H5NO2. The Morgan fingerprint density at radius 1 is 1.42 bits per heavy atom. The van der Waals surface area contributed by atoms with Crippen molar-refractivity contribution < 1.29 is 9.53 Å². The number of hydrogen-bond acceptors (Lipinski definition) is 3. The number of allylic oxidation sites excluding steroid dienone is 1. The van der Waals surface area contributed by atoms with Crippen LogP contribution >= 0.6 is 0 Å². The van der Waals surface area contributed by atoms with Crippen LogP contribution in [0, 0.1) is 35.0 Å². The van der Waals surface area contributed by atoms with E-state index in [1.165, 1.54) is 19.3 Å². The van der Waals surface area contributed by atoms with E-state index in [9.17, 15) is 4.79 Å². The van der Waals surface area contributed by atoms with Crippen LogP contribution in [0.4, 0.5) is 0 Å². The van der Waals surface area contributed by atoms with Gasteiger partial charge in [0.15, 0.2) is 6.07 Å². The highest BCUT2D eigenvalue weighted by Gasteiger charge is 1.85. The Kier molecular flexibility index (Phi) is 5.67. The van der Waals surface area contributed by atoms with E-state index in [0.29, 0.717) is 0 Å². The van der Waals surface area contributed by atoms with Crippen molar-refractivity contribution in [1.82, 2.24) is 0 Å². The van der Waals surface area contributed by atoms with Gasteiger partial charge in [0.05, 0.1) is 7.11 Å². The number of ether oxygens (including phenoxy) is 1. The summed E-state index contributed by atoms with van der Waals surface area (Å²) >= 11 is 0. The van der Waals surface area contributed by atoms with Gasteiger partial charge in [-0.05, 0) is 12.0 Å². The van der Waals surface area contributed by atoms with Crippen LogP contribution in [0.5, 0.6) is 0 Å². The summed E-state index contributed by atoms with van der Waals surface area (Å²) in [6.45, 7) is 0. The standard InChI is InChI=1S/C9H5NO2/c1-12-9(11)7-5-3-2-4-6-8-10/h5,7H,1H3. The Morgan fingerprint density at radius 2 is 2.17 bits per heavy atom. The van der Waals surface area contributed by atoms with Crippen LogP contribution in [-0.4, -0.2) is 13.1 Å². The molecule has 0 fully saturated rings. The van der Waals surface area contributed by atoms with Crippen molar-refractivity contribution in [2.45, 2.75) is 0 Å². The third-order valence-electron chi connectivity index (χ3n) is 0.757. The molecule has 0 rings (SSSR count). The lowest BCUT2D eigenvalue weighted by atomic mass is 10.5. The fourth-order valence-corrected chi connectivity index (χ4v) is 0.315. The highest BCUT2D eigenvalue weighted by Crippen LogP contribution is 1.75. The molecule has 0 unspecified atom stereocenters. The third kappa shape index (κ3) is 5.95. The average Bonchev–Trinajstić information content (AvgIpc) is 2.10. The Labute approximate surface area is 70.6 Å². The maximum Gasteiger partial charge on any atom is 0.331 e. The first-order valence-electron chi connectivity index (χ1n) is 2.95. The Balaban J connectivity index is 3.96. The monoisotopic (exact) mass is 159 g/mol. The van der Waals surface area contributed by atoms with E-state index in [2.05, 4.69) is 28.4 Å². The largest absolute Gasteiger partial charge is 0.466 e. The molecule has 0 saturated heterocycles. The van der Waals surface area contributed by atoms with Crippen molar-refractivity contribution in [1.29, 1.82) is 5.26 Å². The van der Waals surface area contributed by atoms with Crippen molar-refractivity contribution in [2.24, 2.45) is 0 Å². The molecule has 58 valence electrons. The molecule has 0 N–H and O–H groups in total. The van der Waals surface area contributed by atoms with Gasteiger partial charge in [0, 0.05) is 17.9 Å². The van der Waals surface area contributed by atoms with E-state index < -0.39 is 5.97 Å². The number of carbonyl (C=O) groups excluding carboxylic acids is 1. The summed E-state index contributed by atoms with van der Waals surface area (Å²) in [6.07, 6.45) is 2.47. The Bertz CT molecular complexity index is 339. The first kappa shape index (κ1) is 9.82. The second-order valence-corrected chi connectivity index (χ2v) is 1.49. The number of carbonyl (C=O) groups is 1. The molecule has 3 nitrogen and oxygen atoms in total. The molecule has 0 aliphatic carbocycles. The highest BCUT2D eigenvalue weighted by atomic mass is 16.5. The smallest absolute Gasteiger partial charge is 0.331 e. The fraction of sp³-hybridized carbons (Fsp3) is 0.111. The van der Waals surface area contributed by atoms with Gasteiger partial charge in [0.1, 0.15) is 0 Å². The summed E-state index contributed by atoms with van der Waals surface area (Å²) in [6, 6.07) is 1.60. The number of methoxy groups -OCH3 is 1. The second-order valence-electron chi connectivity index (χ2n) is 1.49. The molecule has 0 heterocycles. The molecule has 0 saturated carbocycles. The van der Waals surface area contributed by atoms with Crippen LogP contribution in [0.3, 0.4) is 0 Å². The zero-order valence-electron chi connectivity index (χ0n) is 6.42. The molecule has 12 heavy (non-hydrogen) atoms. The minimum Gasteiger partial charge on any atom is -0.466 e. The maximum absolute atomic E-state index is 10.4. The average molecular weight is 159 g/mol. The quantitative estimate of drug-likeness (QED) is 0.313. The zero-order chi connectivity index (χ0) is 9.23. The van der Waals surface area contributed by atoms with Crippen molar-refractivity contribution in [3.05, 3.63) is 12.2 Å². The van der Waals surface area contributed by atoms with Crippen molar-refractivity contribution in [3.63, 3.8) is 0 Å². The van der Waals surface area contributed by atoms with E-state index >= 15 is 0 Å². The molecule has 0 amide bonds. The maximum atomic E-state index is 10.4. The van der Waals surface area contributed by atoms with Crippen molar-refractivity contribution >= 4 is 5.97 Å². The second kappa shape index (κ2) is 6.93. The predicted molar refractivity (Wildman–Crippen MR) is 42.3 cm³/mol. The van der Waals surface area contributed by atoms with E-state index in [0.717, 1.165) is 0 Å². The lowest BCUT2D eigenvalue weighted by molar-refractivity contribution is -0.134. The van der Waals surface area contributed by atoms with Crippen LogP contribution in [0.15, 0.2) is 12.2 Å². The molecule has 0 aromatic carbocycles. The number of rotatable bonds is 1. The van der Waals surface area contributed by atoms with Gasteiger partial charge in [-0.1, -0.05) is 5.92 Å². The van der Waals surface area contributed by atoms with Gasteiger partial charge in [0.25, 0.3) is 0 Å².